The van der Waals surface area contributed by atoms with Gasteiger partial charge in [-0.15, -0.1) is 5.10 Å². The van der Waals surface area contributed by atoms with E-state index in [2.05, 4.69) is 31.6 Å². The third-order valence-electron chi connectivity index (χ3n) is 7.32. The van der Waals surface area contributed by atoms with Crippen molar-refractivity contribution in [2.45, 2.75) is 37.8 Å². The molecule has 0 spiro atoms. The number of hydrogen-bond donors (Lipinski definition) is 1. The fourth-order valence-electron chi connectivity index (χ4n) is 5.23. The van der Waals surface area contributed by atoms with Crippen LogP contribution >= 0.6 is 0 Å². The normalized spacial score (nSPS) is 21.1. The second kappa shape index (κ2) is 9.12. The number of aromatic nitrogens is 7. The van der Waals surface area contributed by atoms with Gasteiger partial charge in [-0.25, -0.2) is 9.50 Å². The number of carbonyl (C=O) groups excluding carboxylic acids is 1. The highest BCUT2D eigenvalue weighted by Crippen LogP contribution is 2.38. The smallest absolute Gasteiger partial charge is 0.246 e. The molecule has 1 saturated carbocycles. The number of ketones is 1. The van der Waals surface area contributed by atoms with Crippen LogP contribution in [0.2, 0.25) is 0 Å². The molecule has 12 heteroatoms. The van der Waals surface area contributed by atoms with Crippen molar-refractivity contribution in [2.75, 3.05) is 23.3 Å². The lowest BCUT2D eigenvalue weighted by atomic mass is 10.0. The van der Waals surface area contributed by atoms with E-state index in [-0.39, 0.29) is 18.2 Å². The van der Waals surface area contributed by atoms with E-state index < -0.39 is 12.0 Å². The van der Waals surface area contributed by atoms with Gasteiger partial charge in [-0.05, 0) is 54.2 Å². The summed E-state index contributed by atoms with van der Waals surface area (Å²) in [6.07, 6.45) is 11.7. The zero-order valence-corrected chi connectivity index (χ0v) is 20.5. The number of aliphatic imine (C=N–C) groups is 1. The summed E-state index contributed by atoms with van der Waals surface area (Å²) in [5, 5.41) is 16.7. The third-order valence-corrected chi connectivity index (χ3v) is 7.32. The molecule has 0 unspecified atom stereocenters. The zero-order chi connectivity index (χ0) is 25.6. The van der Waals surface area contributed by atoms with Crippen LogP contribution in [-0.4, -0.2) is 65.3 Å². The molecule has 38 heavy (non-hydrogen) atoms. The highest BCUT2D eigenvalue weighted by Gasteiger charge is 2.40. The van der Waals surface area contributed by atoms with Crippen LogP contribution in [0.1, 0.15) is 30.9 Å². The van der Waals surface area contributed by atoms with E-state index in [1.807, 2.05) is 23.2 Å². The molecular formula is C26H25FN10O. The van der Waals surface area contributed by atoms with Gasteiger partial charge >= 0.3 is 0 Å². The number of carbonyl (C=O) groups is 1. The average molecular weight is 513 g/mol. The number of fused-ring (bicyclic) bond motifs is 1. The van der Waals surface area contributed by atoms with Gasteiger partial charge < -0.3 is 10.2 Å². The van der Waals surface area contributed by atoms with Gasteiger partial charge in [0.25, 0.3) is 0 Å². The van der Waals surface area contributed by atoms with Crippen molar-refractivity contribution in [3.8, 4) is 0 Å². The molecule has 2 atom stereocenters. The van der Waals surface area contributed by atoms with E-state index in [9.17, 15) is 9.18 Å². The molecule has 0 bridgehead atoms. The SMILES string of the molecule is O=C(Cc1ccc(F)nc1)[C@@H]1C[C@H](n2nccn2)CN1c1nc(NC2=NCC(C3CC3)=C2)c2cccn2n1. The van der Waals surface area contributed by atoms with Crippen LogP contribution in [0.4, 0.5) is 16.2 Å². The van der Waals surface area contributed by atoms with Gasteiger partial charge in [0, 0.05) is 31.8 Å². The van der Waals surface area contributed by atoms with Crippen molar-refractivity contribution < 1.29 is 9.18 Å². The van der Waals surface area contributed by atoms with Gasteiger partial charge in [0.15, 0.2) is 11.6 Å². The molecule has 0 aromatic carbocycles. The van der Waals surface area contributed by atoms with Crippen molar-refractivity contribution in [3.63, 3.8) is 0 Å². The Bertz CT molecular complexity index is 1550. The fraction of sp³-hybridized carbons (Fsp3) is 0.346. The van der Waals surface area contributed by atoms with Crippen LogP contribution in [0.3, 0.4) is 0 Å². The number of nitrogens with zero attached hydrogens (tertiary/aromatic N) is 9. The minimum Gasteiger partial charge on any atom is -0.327 e. The van der Waals surface area contributed by atoms with Crippen LogP contribution in [0.25, 0.3) is 5.52 Å². The maximum absolute atomic E-state index is 13.6. The van der Waals surface area contributed by atoms with Crippen LogP contribution in [0, 0.1) is 11.9 Å². The van der Waals surface area contributed by atoms with Gasteiger partial charge in [-0.1, -0.05) is 6.07 Å². The molecule has 1 N–H and O–H groups in total. The van der Waals surface area contributed by atoms with E-state index in [4.69, 9.17) is 10.1 Å². The lowest BCUT2D eigenvalue weighted by molar-refractivity contribution is -0.119. The fourth-order valence-corrected chi connectivity index (χ4v) is 5.23. The molecule has 6 heterocycles. The highest BCUT2D eigenvalue weighted by atomic mass is 19.1. The summed E-state index contributed by atoms with van der Waals surface area (Å²) in [4.78, 5) is 30.3. The first-order valence-corrected chi connectivity index (χ1v) is 12.7. The van der Waals surface area contributed by atoms with E-state index in [0.717, 1.165) is 17.9 Å². The Morgan fingerprint density at radius 2 is 2.03 bits per heavy atom. The summed E-state index contributed by atoms with van der Waals surface area (Å²) < 4.78 is 15.1. The molecule has 0 radical (unpaired) electrons. The van der Waals surface area contributed by atoms with Crippen LogP contribution in [0.5, 0.6) is 0 Å². The molecule has 7 rings (SSSR count). The first kappa shape index (κ1) is 22.7. The predicted octanol–water partition coefficient (Wildman–Crippen LogP) is 2.65. The summed E-state index contributed by atoms with van der Waals surface area (Å²) in [6.45, 7) is 1.19. The highest BCUT2D eigenvalue weighted by molar-refractivity contribution is 6.07. The van der Waals surface area contributed by atoms with E-state index in [1.165, 1.54) is 30.7 Å². The van der Waals surface area contributed by atoms with Gasteiger partial charge in [0.1, 0.15) is 11.4 Å². The van der Waals surface area contributed by atoms with Gasteiger partial charge in [0.05, 0.1) is 31.0 Å². The number of pyridine rings is 1. The van der Waals surface area contributed by atoms with Crippen molar-refractivity contribution in [1.29, 1.82) is 0 Å². The number of halogens is 1. The predicted molar refractivity (Wildman–Crippen MR) is 137 cm³/mol. The largest absolute Gasteiger partial charge is 0.327 e. The molecule has 1 aliphatic carbocycles. The van der Waals surface area contributed by atoms with Crippen LogP contribution < -0.4 is 10.2 Å². The monoisotopic (exact) mass is 512 g/mol. The quantitative estimate of drug-likeness (QED) is 0.376. The van der Waals surface area contributed by atoms with Gasteiger partial charge in [-0.2, -0.15) is 24.4 Å². The number of rotatable bonds is 7. The Morgan fingerprint density at radius 1 is 1.16 bits per heavy atom. The summed E-state index contributed by atoms with van der Waals surface area (Å²) in [5.74, 6) is 1.89. The molecule has 1 saturated heterocycles. The number of nitrogens with one attached hydrogen (secondary N) is 1. The lowest BCUT2D eigenvalue weighted by Crippen LogP contribution is -2.38. The van der Waals surface area contributed by atoms with E-state index in [1.54, 1.807) is 27.8 Å². The number of amidine groups is 1. The summed E-state index contributed by atoms with van der Waals surface area (Å²) in [6, 6.07) is 6.06. The number of Topliss-reactive ketones (excluding diaryl/α,β-unsaturated/α-hetero) is 1. The average Bonchev–Trinajstić information content (AvgIpc) is 3.39. The second-order valence-corrected chi connectivity index (χ2v) is 9.96. The summed E-state index contributed by atoms with van der Waals surface area (Å²) in [7, 11) is 0. The van der Waals surface area contributed by atoms with Crippen molar-refractivity contribution >= 4 is 28.9 Å². The molecule has 2 fully saturated rings. The Labute approximate surface area is 217 Å². The molecule has 2 aliphatic heterocycles. The maximum atomic E-state index is 13.6. The Kier molecular flexibility index (Phi) is 5.45. The summed E-state index contributed by atoms with van der Waals surface area (Å²) in [5.41, 5.74) is 2.83. The summed E-state index contributed by atoms with van der Waals surface area (Å²) >= 11 is 0. The number of anilines is 2. The molecule has 4 aromatic rings. The van der Waals surface area contributed by atoms with Crippen molar-refractivity contribution in [1.82, 2.24) is 34.6 Å². The van der Waals surface area contributed by atoms with E-state index in [0.29, 0.717) is 36.2 Å². The lowest BCUT2D eigenvalue weighted by Gasteiger charge is -2.24. The van der Waals surface area contributed by atoms with Crippen LogP contribution in [0.15, 0.2) is 65.7 Å². The Morgan fingerprint density at radius 3 is 2.82 bits per heavy atom. The van der Waals surface area contributed by atoms with Crippen LogP contribution in [-0.2, 0) is 11.2 Å². The third kappa shape index (κ3) is 4.31. The number of hydrogen-bond acceptors (Lipinski definition) is 9. The first-order valence-electron chi connectivity index (χ1n) is 12.7. The Balaban J connectivity index is 1.21. The molecular weight excluding hydrogens is 487 g/mol. The Hall–Kier alpha value is -4.48. The standard InChI is InChI=1S/C26H25FN10O/c27-23-6-3-16(13-28-23)10-22(38)21-12-19(37-30-7-8-31-37)15-35(21)26-33-25(20-2-1-9-36(20)34-26)32-24-11-18(14-29-24)17-4-5-17/h1-3,6-9,11,13,17,19,21H,4-5,10,12,14-15H2,(H,29,32,33,34)/t19-,21-/m0/s1. The minimum absolute atomic E-state index is 0.0315. The first-order chi connectivity index (χ1) is 18.6. The van der Waals surface area contributed by atoms with Crippen molar-refractivity contribution in [2.24, 2.45) is 10.9 Å². The molecule has 11 nitrogen and oxygen atoms in total. The maximum Gasteiger partial charge on any atom is 0.246 e. The van der Waals surface area contributed by atoms with Crippen molar-refractivity contribution in [3.05, 3.63) is 72.2 Å². The topological polar surface area (TPSA) is 118 Å². The van der Waals surface area contributed by atoms with E-state index >= 15 is 0 Å². The molecule has 3 aliphatic rings. The zero-order valence-electron chi connectivity index (χ0n) is 20.5. The molecule has 0 amide bonds. The molecule has 192 valence electrons. The molecule has 4 aromatic heterocycles. The minimum atomic E-state index is -0.576. The van der Waals surface area contributed by atoms with Gasteiger partial charge in [-0.3, -0.25) is 9.79 Å². The second-order valence-electron chi connectivity index (χ2n) is 9.96. The van der Waals surface area contributed by atoms with Gasteiger partial charge in [0.2, 0.25) is 11.9 Å².